The lowest BCUT2D eigenvalue weighted by molar-refractivity contribution is 0.243. The van der Waals surface area contributed by atoms with Crippen LogP contribution < -0.4 is 5.73 Å². The van der Waals surface area contributed by atoms with E-state index in [-0.39, 0.29) is 12.0 Å². The normalized spacial score (nSPS) is 23.5. The summed E-state index contributed by atoms with van der Waals surface area (Å²) in [5.41, 5.74) is 6.88. The second-order valence-corrected chi connectivity index (χ2v) is 9.68. The Morgan fingerprint density at radius 3 is 2.79 bits per heavy atom. The fourth-order valence-corrected chi connectivity index (χ4v) is 6.22. The van der Waals surface area contributed by atoms with Crippen molar-refractivity contribution < 1.29 is 8.42 Å². The molecule has 2 atom stereocenters. The Hall–Kier alpha value is 0.0500. The van der Waals surface area contributed by atoms with E-state index in [1.54, 1.807) is 10.4 Å². The maximum atomic E-state index is 12.6. The maximum Gasteiger partial charge on any atom is 0.252 e. The standard InChI is InChI=1S/C12H19BrN2O2S2/c1-8-6-11(18-12(8)13)19(16,17)15-5-3-4-10(7-15)9(2)14/h6,9-10H,3-5,7,14H2,1-2H3/t9-,10-/m1/s1. The minimum Gasteiger partial charge on any atom is -0.328 e. The summed E-state index contributed by atoms with van der Waals surface area (Å²) in [4.78, 5) is 0. The molecule has 2 N–H and O–H groups in total. The predicted molar refractivity (Wildman–Crippen MR) is 81.9 cm³/mol. The minimum absolute atomic E-state index is 0.0369. The number of hydrogen-bond acceptors (Lipinski definition) is 4. The van der Waals surface area contributed by atoms with Crippen LogP contribution in [0.1, 0.15) is 25.3 Å². The van der Waals surface area contributed by atoms with Crippen molar-refractivity contribution in [3.63, 3.8) is 0 Å². The molecule has 1 fully saturated rings. The van der Waals surface area contributed by atoms with E-state index in [9.17, 15) is 8.42 Å². The van der Waals surface area contributed by atoms with Gasteiger partial charge in [-0.25, -0.2) is 8.42 Å². The van der Waals surface area contributed by atoms with Gasteiger partial charge in [-0.2, -0.15) is 4.31 Å². The molecule has 0 unspecified atom stereocenters. The number of hydrogen-bond donors (Lipinski definition) is 1. The fraction of sp³-hybridized carbons (Fsp3) is 0.667. The van der Waals surface area contributed by atoms with Crippen LogP contribution in [0.4, 0.5) is 0 Å². The van der Waals surface area contributed by atoms with Gasteiger partial charge >= 0.3 is 0 Å². The fourth-order valence-electron chi connectivity index (χ4n) is 2.31. The summed E-state index contributed by atoms with van der Waals surface area (Å²) in [5, 5.41) is 0. The Morgan fingerprint density at radius 1 is 1.58 bits per heavy atom. The number of halogens is 1. The summed E-state index contributed by atoms with van der Waals surface area (Å²) in [6, 6.07) is 1.77. The predicted octanol–water partition coefficient (Wildman–Crippen LogP) is 2.57. The van der Waals surface area contributed by atoms with Gasteiger partial charge in [-0.3, -0.25) is 0 Å². The van der Waals surface area contributed by atoms with Gasteiger partial charge in [0.1, 0.15) is 4.21 Å². The molecule has 0 saturated carbocycles. The van der Waals surface area contributed by atoms with Gasteiger partial charge < -0.3 is 5.73 Å². The average molecular weight is 367 g/mol. The van der Waals surface area contributed by atoms with Crippen LogP contribution in [0.25, 0.3) is 0 Å². The quantitative estimate of drug-likeness (QED) is 0.893. The summed E-state index contributed by atoms with van der Waals surface area (Å²) >= 11 is 4.66. The first-order chi connectivity index (χ1) is 8.82. The molecule has 0 spiro atoms. The summed E-state index contributed by atoms with van der Waals surface area (Å²) in [7, 11) is -3.36. The first-order valence-corrected chi connectivity index (χ1v) is 9.39. The van der Waals surface area contributed by atoms with E-state index in [0.29, 0.717) is 17.3 Å². The smallest absolute Gasteiger partial charge is 0.252 e. The zero-order valence-electron chi connectivity index (χ0n) is 11.1. The molecule has 2 heterocycles. The molecule has 0 aliphatic carbocycles. The highest BCUT2D eigenvalue weighted by Crippen LogP contribution is 2.34. The zero-order valence-corrected chi connectivity index (χ0v) is 14.3. The molecule has 1 aliphatic rings. The van der Waals surface area contributed by atoms with E-state index < -0.39 is 10.0 Å². The van der Waals surface area contributed by atoms with Gasteiger partial charge in [0, 0.05) is 19.1 Å². The molecule has 4 nitrogen and oxygen atoms in total. The molecule has 108 valence electrons. The molecule has 1 saturated heterocycles. The number of piperidine rings is 1. The minimum atomic E-state index is -3.36. The molecule has 1 aromatic rings. The molecule has 1 aromatic heterocycles. The highest BCUT2D eigenvalue weighted by atomic mass is 79.9. The monoisotopic (exact) mass is 366 g/mol. The molecule has 0 radical (unpaired) electrons. The largest absolute Gasteiger partial charge is 0.328 e. The van der Waals surface area contributed by atoms with Crippen molar-refractivity contribution >= 4 is 37.3 Å². The van der Waals surface area contributed by atoms with E-state index in [0.717, 1.165) is 22.2 Å². The van der Waals surface area contributed by atoms with Crippen LogP contribution >= 0.6 is 27.3 Å². The summed E-state index contributed by atoms with van der Waals surface area (Å²) in [5.74, 6) is 0.257. The van der Waals surface area contributed by atoms with Crippen molar-refractivity contribution in [2.24, 2.45) is 11.7 Å². The Bertz CT molecular complexity index is 535. The van der Waals surface area contributed by atoms with Gasteiger partial charge in [0.05, 0.1) is 3.79 Å². The molecule has 7 heteroatoms. The second-order valence-electron chi connectivity index (χ2n) is 5.15. The van der Waals surface area contributed by atoms with Crippen LogP contribution in [0, 0.1) is 12.8 Å². The molecular weight excluding hydrogens is 348 g/mol. The number of sulfonamides is 1. The average Bonchev–Trinajstić information content (AvgIpc) is 2.70. The second kappa shape index (κ2) is 5.81. The van der Waals surface area contributed by atoms with Gasteiger partial charge in [-0.1, -0.05) is 0 Å². The van der Waals surface area contributed by atoms with Gasteiger partial charge in [0.25, 0.3) is 10.0 Å². The van der Waals surface area contributed by atoms with Gasteiger partial charge in [-0.15, -0.1) is 11.3 Å². The molecule has 0 amide bonds. The van der Waals surface area contributed by atoms with E-state index in [1.165, 1.54) is 11.3 Å². The molecular formula is C12H19BrN2O2S2. The Labute approximate surface area is 127 Å². The number of thiophene rings is 1. The molecule has 19 heavy (non-hydrogen) atoms. The van der Waals surface area contributed by atoms with Gasteiger partial charge in [-0.05, 0) is 60.2 Å². The van der Waals surface area contributed by atoms with Gasteiger partial charge in [0.15, 0.2) is 0 Å². The lowest BCUT2D eigenvalue weighted by Gasteiger charge is -2.33. The topological polar surface area (TPSA) is 63.4 Å². The first-order valence-electron chi connectivity index (χ1n) is 6.34. The molecule has 0 aromatic carbocycles. The van der Waals surface area contributed by atoms with E-state index >= 15 is 0 Å². The van der Waals surface area contributed by atoms with E-state index in [2.05, 4.69) is 15.9 Å². The zero-order chi connectivity index (χ0) is 14.2. The summed E-state index contributed by atoms with van der Waals surface area (Å²) < 4.78 is 28.1. The van der Waals surface area contributed by atoms with Crippen LogP contribution in [-0.2, 0) is 10.0 Å². The maximum absolute atomic E-state index is 12.6. The third-order valence-electron chi connectivity index (χ3n) is 3.59. The highest BCUT2D eigenvalue weighted by molar-refractivity contribution is 9.11. The third kappa shape index (κ3) is 3.21. The van der Waals surface area contributed by atoms with E-state index in [1.807, 2.05) is 13.8 Å². The summed E-state index contributed by atoms with van der Waals surface area (Å²) in [6.45, 7) is 4.99. The van der Waals surface area contributed by atoms with Crippen molar-refractivity contribution in [2.75, 3.05) is 13.1 Å². The Balaban J connectivity index is 2.24. The van der Waals surface area contributed by atoms with Crippen molar-refractivity contribution in [3.05, 3.63) is 15.4 Å². The van der Waals surface area contributed by atoms with Crippen molar-refractivity contribution in [3.8, 4) is 0 Å². The van der Waals surface area contributed by atoms with Crippen molar-refractivity contribution in [1.29, 1.82) is 0 Å². The Kier molecular flexibility index (Phi) is 4.72. The van der Waals surface area contributed by atoms with E-state index in [4.69, 9.17) is 5.73 Å². The SMILES string of the molecule is Cc1cc(S(=O)(=O)N2CCC[C@@H]([C@@H](C)N)C2)sc1Br. The van der Waals surface area contributed by atoms with Crippen LogP contribution in [0.3, 0.4) is 0 Å². The van der Waals surface area contributed by atoms with Crippen molar-refractivity contribution in [2.45, 2.75) is 36.9 Å². The van der Waals surface area contributed by atoms with Crippen LogP contribution in [-0.4, -0.2) is 31.9 Å². The van der Waals surface area contributed by atoms with Crippen LogP contribution in [0.15, 0.2) is 14.1 Å². The first kappa shape index (κ1) is 15.4. The lowest BCUT2D eigenvalue weighted by atomic mass is 9.93. The lowest BCUT2D eigenvalue weighted by Crippen LogP contribution is -2.44. The number of nitrogens with zero attached hydrogens (tertiary/aromatic N) is 1. The molecule has 0 bridgehead atoms. The molecule has 2 rings (SSSR count). The number of nitrogens with two attached hydrogens (primary N) is 1. The van der Waals surface area contributed by atoms with Crippen LogP contribution in [0.2, 0.25) is 0 Å². The number of aryl methyl sites for hydroxylation is 1. The van der Waals surface area contributed by atoms with Gasteiger partial charge in [0.2, 0.25) is 0 Å². The Morgan fingerprint density at radius 2 is 2.26 bits per heavy atom. The number of rotatable bonds is 3. The van der Waals surface area contributed by atoms with Crippen molar-refractivity contribution in [1.82, 2.24) is 4.31 Å². The van der Waals surface area contributed by atoms with Crippen LogP contribution in [0.5, 0.6) is 0 Å². The molecule has 1 aliphatic heterocycles. The third-order valence-corrected chi connectivity index (χ3v) is 8.04. The summed E-state index contributed by atoms with van der Waals surface area (Å²) in [6.07, 6.45) is 1.90. The highest BCUT2D eigenvalue weighted by Gasteiger charge is 2.32.